The molecule has 0 saturated heterocycles. The van der Waals surface area contributed by atoms with Crippen LogP contribution in [0.3, 0.4) is 0 Å². The Kier molecular flexibility index (Phi) is 574. The molecule has 40 heavy (non-hydrogen) atoms. The largest absolute Gasteiger partial charge is 0.680 e. The molecule has 0 spiro atoms. The first-order valence-electron chi connectivity index (χ1n) is 7.30. The molecule has 0 aromatic heterocycles. The Morgan fingerprint density at radius 1 is 0.300 bits per heavy atom. The molecular weight excluding hydrogens is 2100 g/mol. The molecule has 2 aliphatic carbocycles. The van der Waals surface area contributed by atoms with Crippen molar-refractivity contribution in [3.63, 3.8) is 0 Å². The van der Waals surface area contributed by atoms with Crippen molar-refractivity contribution in [1.82, 2.24) is 0 Å². The molecule has 21 radical (unpaired) electrons. The van der Waals surface area contributed by atoms with Crippen molar-refractivity contribution in [2.24, 2.45) is 11.8 Å². The second-order valence-corrected chi connectivity index (χ2v) is 4.99. The van der Waals surface area contributed by atoms with Crippen LogP contribution in [0.5, 0.6) is 0 Å². The molecule has 2 rings (SSSR count). The molecule has 0 heterocycles. The van der Waals surface area contributed by atoms with E-state index in [2.05, 4.69) is 6.42 Å². The zero-order valence-corrected chi connectivity index (χ0v) is 85.5. The van der Waals surface area contributed by atoms with Gasteiger partial charge in [0.15, 0.2) is 0 Å². The summed E-state index contributed by atoms with van der Waals surface area (Å²) in [7, 11) is 2.50. The summed E-state index contributed by atoms with van der Waals surface area (Å²) in [5, 5.41) is 0. The zero-order chi connectivity index (χ0) is 12.9. The van der Waals surface area contributed by atoms with Gasteiger partial charge in [-0.25, -0.2) is 0 Å². The van der Waals surface area contributed by atoms with E-state index in [0.29, 0.717) is 0 Å². The molecule has 2 saturated carbocycles. The monoisotopic (exact) mass is 2140 g/mol. The molecule has 2 N–H and O–H groups in total. The quantitative estimate of drug-likeness (QED) is 0.283. The van der Waals surface area contributed by atoms with Crippen LogP contribution in [0.2, 0.25) is 0 Å². The van der Waals surface area contributed by atoms with E-state index < -0.39 is 0 Å². The molecule has 183 valence electrons. The second kappa shape index (κ2) is 144. The molecule has 23 heteroatoms. The smallest absolute Gasteiger partial charge is 0 e. The number of hydrogen-bond acceptors (Lipinski definition) is 0. The van der Waals surface area contributed by atoms with Gasteiger partial charge in [-0.1, -0.05) is 64.2 Å². The summed E-state index contributed by atoms with van der Waals surface area (Å²) in [5.74, 6) is 1.99. The summed E-state index contributed by atoms with van der Waals surface area (Å²) >= 11 is 0. The second-order valence-electron chi connectivity index (χ2n) is 4.99. The Morgan fingerprint density at radius 2 is 0.425 bits per heavy atom. The van der Waals surface area contributed by atoms with Gasteiger partial charge in [-0.3, -0.25) is 0 Å². The van der Waals surface area contributed by atoms with Crippen molar-refractivity contribution in [2.75, 3.05) is 14.1 Å². The van der Waals surface area contributed by atoms with Crippen molar-refractivity contribution in [2.45, 2.75) is 64.2 Å². The Balaban J connectivity index is -0.00000000415. The van der Waals surface area contributed by atoms with Crippen LogP contribution in [0.15, 0.2) is 0 Å². The van der Waals surface area contributed by atoms with Gasteiger partial charge in [-0.15, -0.1) is 0 Å². The van der Waals surface area contributed by atoms with Gasteiger partial charge in [0, 0.05) is 687 Å². The molecule has 0 bridgehead atoms. The fourth-order valence-corrected chi connectivity index (χ4v) is 3.04. The van der Waals surface area contributed by atoms with Crippen molar-refractivity contribution < 1.29 is 687 Å². The van der Waals surface area contributed by atoms with Crippen LogP contribution in [0.1, 0.15) is 64.2 Å². The standard InChI is InChI=1S/C13H23.2CH4N.2CH3.21Y/c1-3-7-12(8-4-1)11-13-9-5-2-6-10-13;2*1-2;;;;;;;;;;;;;;;;;;;;;;;/h11-13H,1-10H2;2*2H,1H3;2*1H3;;;;;;;;;;;;;;;;;;;;;/q5*-1;;;;;;;;;;;;;;;;;;;;;. The molecule has 0 aromatic carbocycles. The molecule has 2 aliphatic rings. The van der Waals surface area contributed by atoms with E-state index in [0.717, 1.165) is 11.8 Å². The third-order valence-corrected chi connectivity index (χ3v) is 3.84. The molecule has 0 atom stereocenters. The maximum atomic E-state index is 5.75. The molecular formula is C17H37N2Y21-5. The summed E-state index contributed by atoms with van der Waals surface area (Å²) in [6.45, 7) is 0. The average Bonchev–Trinajstić information content (AvgIpc) is 2.45. The van der Waals surface area contributed by atoms with E-state index in [4.69, 9.17) is 11.5 Å². The predicted octanol–water partition coefficient (Wildman–Crippen LogP) is 6.54. The first-order valence-corrected chi connectivity index (χ1v) is 7.30. The first-order chi connectivity index (χ1) is 8.45. The van der Waals surface area contributed by atoms with Gasteiger partial charge < -0.3 is 32.7 Å². The maximum absolute atomic E-state index is 5.75. The predicted molar refractivity (Wildman–Crippen MR) is 90.8 cm³/mol. The topological polar surface area (TPSA) is 47.6 Å². The van der Waals surface area contributed by atoms with E-state index in [1.165, 1.54) is 78.3 Å². The van der Waals surface area contributed by atoms with Gasteiger partial charge in [-0.05, 0) is 0 Å². The van der Waals surface area contributed by atoms with Crippen LogP contribution in [-0.4, -0.2) is 14.1 Å². The third kappa shape index (κ3) is 119. The van der Waals surface area contributed by atoms with Gasteiger partial charge in [0.1, 0.15) is 0 Å². The van der Waals surface area contributed by atoms with Crippen LogP contribution in [0, 0.1) is 33.1 Å². The van der Waals surface area contributed by atoms with Gasteiger partial charge in [0.25, 0.3) is 0 Å². The third-order valence-electron chi connectivity index (χ3n) is 3.84. The Bertz CT molecular complexity index is 160. The fraction of sp³-hybridized carbons (Fsp3) is 0.824. The summed E-state index contributed by atoms with van der Waals surface area (Å²) < 4.78 is 0. The van der Waals surface area contributed by atoms with E-state index in [9.17, 15) is 0 Å². The SMILES string of the molecule is C[NH-].C[NH-].[CH-](C1CCCCC1)C1CCCCC1.[CH3-].[CH3-].[Y].[Y].[Y].[Y].[Y].[Y].[Y].[Y].[Y].[Y].[Y].[Y].[Y].[Y].[Y].[Y].[Y].[Y].[Y].[Y].[Y]. The van der Waals surface area contributed by atoms with Gasteiger partial charge in [0.05, 0.1) is 0 Å². The minimum Gasteiger partial charge on any atom is -0.680 e. The first kappa shape index (κ1) is 159. The number of hydrogen-bond donors (Lipinski definition) is 0. The van der Waals surface area contributed by atoms with Crippen molar-refractivity contribution in [3.8, 4) is 0 Å². The van der Waals surface area contributed by atoms with Gasteiger partial charge in [-0.2, -0.15) is 25.9 Å². The summed E-state index contributed by atoms with van der Waals surface area (Å²) in [5.41, 5.74) is 11.5. The molecule has 0 aromatic rings. The van der Waals surface area contributed by atoms with Crippen molar-refractivity contribution in [1.29, 1.82) is 0 Å². The van der Waals surface area contributed by atoms with Crippen LogP contribution < -0.4 is 0 Å². The Labute approximate surface area is 782 Å². The fourth-order valence-electron chi connectivity index (χ4n) is 3.04. The van der Waals surface area contributed by atoms with Gasteiger partial charge in [0.2, 0.25) is 0 Å². The maximum Gasteiger partial charge on any atom is 0 e. The minimum absolute atomic E-state index is 0. The summed E-state index contributed by atoms with van der Waals surface area (Å²) in [4.78, 5) is 0. The zero-order valence-electron chi connectivity index (χ0n) is 25.9. The molecule has 2 nitrogen and oxygen atoms in total. The number of nitrogens with one attached hydrogen (secondary N) is 2. The van der Waals surface area contributed by atoms with Crippen LogP contribution in [0.25, 0.3) is 11.5 Å². The van der Waals surface area contributed by atoms with E-state index in [1.807, 2.05) is 0 Å². The van der Waals surface area contributed by atoms with Crippen LogP contribution in [0.4, 0.5) is 0 Å². The summed E-state index contributed by atoms with van der Waals surface area (Å²) in [6.07, 6.45) is 17.7. The number of rotatable bonds is 2. The normalized spacial score (nSPS) is 9.30. The Hall–Kier alpha value is 23.1. The van der Waals surface area contributed by atoms with Crippen LogP contribution >= 0.6 is 0 Å². The van der Waals surface area contributed by atoms with Crippen LogP contribution in [-0.2, 0) is 687 Å². The van der Waals surface area contributed by atoms with Gasteiger partial charge >= 0.3 is 0 Å². The van der Waals surface area contributed by atoms with Crippen molar-refractivity contribution in [3.05, 3.63) is 32.7 Å². The average molecular weight is 2140 g/mol. The molecule has 0 aliphatic heterocycles. The van der Waals surface area contributed by atoms with Crippen molar-refractivity contribution >= 4 is 0 Å². The summed E-state index contributed by atoms with van der Waals surface area (Å²) in [6, 6.07) is 0. The van der Waals surface area contributed by atoms with E-state index >= 15 is 0 Å². The van der Waals surface area contributed by atoms with E-state index in [-0.39, 0.29) is 702 Å². The minimum atomic E-state index is 0. The molecule has 2 fully saturated rings. The molecule has 0 unspecified atom stereocenters. The Morgan fingerprint density at radius 3 is 0.550 bits per heavy atom. The molecule has 0 amide bonds. The van der Waals surface area contributed by atoms with E-state index in [1.54, 1.807) is 0 Å².